The summed E-state index contributed by atoms with van der Waals surface area (Å²) in [6.07, 6.45) is 0. The minimum absolute atomic E-state index is 0.185. The lowest BCUT2D eigenvalue weighted by Gasteiger charge is -2.13. The zero-order chi connectivity index (χ0) is 21.5. The number of hydrogen-bond donors (Lipinski definition) is 2. The second-order valence-electron chi connectivity index (χ2n) is 6.46. The Morgan fingerprint density at radius 2 is 1.63 bits per heavy atom. The van der Waals surface area contributed by atoms with Crippen LogP contribution in [0.4, 0.5) is 11.4 Å². The number of carbonyl (C=O) groups is 2. The number of anilines is 2. The second-order valence-corrected chi connectivity index (χ2v) is 6.87. The van der Waals surface area contributed by atoms with Gasteiger partial charge in [-0.1, -0.05) is 35.9 Å². The van der Waals surface area contributed by atoms with Crippen molar-refractivity contribution in [1.82, 2.24) is 0 Å². The topological polar surface area (TPSA) is 76.7 Å². The molecule has 0 unspecified atom stereocenters. The summed E-state index contributed by atoms with van der Waals surface area (Å²) in [5, 5.41) is 6.10. The Morgan fingerprint density at radius 1 is 0.900 bits per heavy atom. The van der Waals surface area contributed by atoms with Gasteiger partial charge in [-0.15, -0.1) is 0 Å². The first kappa shape index (κ1) is 21.2. The van der Waals surface area contributed by atoms with Gasteiger partial charge in [-0.25, -0.2) is 0 Å². The minimum atomic E-state index is -0.314. The maximum atomic E-state index is 12.6. The summed E-state index contributed by atoms with van der Waals surface area (Å²) in [5.74, 6) is 0.435. The highest BCUT2D eigenvalue weighted by atomic mass is 35.5. The third-order valence-electron chi connectivity index (χ3n) is 4.21. The van der Waals surface area contributed by atoms with Crippen molar-refractivity contribution in [2.75, 3.05) is 17.7 Å². The third-order valence-corrected chi connectivity index (χ3v) is 4.58. The molecule has 0 aliphatic rings. The molecular formula is C23H21ClN2O4. The van der Waals surface area contributed by atoms with Crippen molar-refractivity contribution in [3.8, 4) is 11.5 Å². The number of hydrogen-bond acceptors (Lipinski definition) is 4. The SMILES string of the molecule is COc1cc(C(=O)Nc2cccc(NC(C)=O)c2)ccc1OCc1ccccc1Cl. The van der Waals surface area contributed by atoms with E-state index < -0.39 is 0 Å². The molecule has 3 rings (SSSR count). The number of nitrogens with one attached hydrogen (secondary N) is 2. The fourth-order valence-corrected chi connectivity index (χ4v) is 2.97. The molecule has 2 amide bonds. The number of benzene rings is 3. The molecule has 0 aliphatic heterocycles. The van der Waals surface area contributed by atoms with E-state index in [1.807, 2.05) is 18.2 Å². The van der Waals surface area contributed by atoms with Gasteiger partial charge < -0.3 is 20.1 Å². The van der Waals surface area contributed by atoms with Gasteiger partial charge in [-0.3, -0.25) is 9.59 Å². The molecule has 0 spiro atoms. The van der Waals surface area contributed by atoms with E-state index in [0.29, 0.717) is 33.5 Å². The molecule has 0 saturated carbocycles. The van der Waals surface area contributed by atoms with Crippen LogP contribution in [0.15, 0.2) is 66.7 Å². The number of amides is 2. The van der Waals surface area contributed by atoms with E-state index in [4.69, 9.17) is 21.1 Å². The van der Waals surface area contributed by atoms with Crippen molar-refractivity contribution in [3.63, 3.8) is 0 Å². The van der Waals surface area contributed by atoms with Crippen LogP contribution in [0, 0.1) is 0 Å². The Labute approximate surface area is 179 Å². The Hall–Kier alpha value is -3.51. The highest BCUT2D eigenvalue weighted by Crippen LogP contribution is 2.30. The second kappa shape index (κ2) is 9.80. The van der Waals surface area contributed by atoms with Crippen LogP contribution >= 0.6 is 11.6 Å². The molecule has 7 heteroatoms. The Kier molecular flexibility index (Phi) is 6.93. The summed E-state index contributed by atoms with van der Waals surface area (Å²) in [7, 11) is 1.51. The van der Waals surface area contributed by atoms with Crippen LogP contribution in [-0.2, 0) is 11.4 Å². The van der Waals surface area contributed by atoms with Crippen molar-refractivity contribution in [3.05, 3.63) is 82.9 Å². The summed E-state index contributed by atoms with van der Waals surface area (Å²) < 4.78 is 11.2. The zero-order valence-corrected chi connectivity index (χ0v) is 17.3. The molecule has 0 radical (unpaired) electrons. The molecule has 2 N–H and O–H groups in total. The van der Waals surface area contributed by atoms with Crippen LogP contribution in [0.3, 0.4) is 0 Å². The van der Waals surface area contributed by atoms with Crippen molar-refractivity contribution in [2.45, 2.75) is 13.5 Å². The number of rotatable bonds is 7. The van der Waals surface area contributed by atoms with Crippen LogP contribution in [-0.4, -0.2) is 18.9 Å². The Morgan fingerprint density at radius 3 is 2.33 bits per heavy atom. The highest BCUT2D eigenvalue weighted by Gasteiger charge is 2.13. The first-order valence-electron chi connectivity index (χ1n) is 9.19. The summed E-state index contributed by atoms with van der Waals surface area (Å²) in [5.41, 5.74) is 2.41. The van der Waals surface area contributed by atoms with Crippen LogP contribution in [0.5, 0.6) is 11.5 Å². The number of methoxy groups -OCH3 is 1. The molecule has 154 valence electrons. The van der Waals surface area contributed by atoms with E-state index in [2.05, 4.69) is 10.6 Å². The molecule has 0 heterocycles. The maximum Gasteiger partial charge on any atom is 0.255 e. The summed E-state index contributed by atoms with van der Waals surface area (Å²) >= 11 is 6.16. The number of carbonyl (C=O) groups excluding carboxylic acids is 2. The van der Waals surface area contributed by atoms with E-state index in [1.165, 1.54) is 14.0 Å². The first-order chi connectivity index (χ1) is 14.5. The molecule has 0 saturated heterocycles. The quantitative estimate of drug-likeness (QED) is 0.550. The molecule has 0 fully saturated rings. The summed E-state index contributed by atoms with van der Waals surface area (Å²) in [4.78, 5) is 23.8. The van der Waals surface area contributed by atoms with E-state index in [-0.39, 0.29) is 18.4 Å². The molecule has 0 aromatic heterocycles. The van der Waals surface area contributed by atoms with Gasteiger partial charge in [0.05, 0.1) is 7.11 Å². The Balaban J connectivity index is 1.71. The van der Waals surface area contributed by atoms with Gasteiger partial charge in [0.15, 0.2) is 11.5 Å². The van der Waals surface area contributed by atoms with E-state index >= 15 is 0 Å². The third kappa shape index (κ3) is 5.52. The van der Waals surface area contributed by atoms with Crippen LogP contribution in [0.2, 0.25) is 5.02 Å². The number of halogens is 1. The molecule has 0 atom stereocenters. The lowest BCUT2D eigenvalue weighted by atomic mass is 10.1. The molecule has 0 aliphatic carbocycles. The number of ether oxygens (including phenoxy) is 2. The van der Waals surface area contributed by atoms with Gasteiger partial charge in [0, 0.05) is 34.4 Å². The molecule has 3 aromatic rings. The minimum Gasteiger partial charge on any atom is -0.493 e. The fraction of sp³-hybridized carbons (Fsp3) is 0.130. The predicted octanol–water partition coefficient (Wildman–Crippen LogP) is 5.14. The lowest BCUT2D eigenvalue weighted by molar-refractivity contribution is -0.114. The van der Waals surface area contributed by atoms with Gasteiger partial charge in [-0.05, 0) is 42.5 Å². The molecule has 3 aromatic carbocycles. The van der Waals surface area contributed by atoms with Crippen molar-refractivity contribution < 1.29 is 19.1 Å². The molecule has 30 heavy (non-hydrogen) atoms. The molecular weight excluding hydrogens is 404 g/mol. The van der Waals surface area contributed by atoms with Gasteiger partial charge in [0.25, 0.3) is 5.91 Å². The predicted molar refractivity (Wildman–Crippen MR) is 117 cm³/mol. The van der Waals surface area contributed by atoms with E-state index in [9.17, 15) is 9.59 Å². The standard InChI is InChI=1S/C23H21ClN2O4/c1-15(27)25-18-7-5-8-19(13-18)26-23(28)16-10-11-21(22(12-16)29-2)30-14-17-6-3-4-9-20(17)24/h3-13H,14H2,1-2H3,(H,25,27)(H,26,28). The monoisotopic (exact) mass is 424 g/mol. The zero-order valence-electron chi connectivity index (χ0n) is 16.6. The molecule has 6 nitrogen and oxygen atoms in total. The van der Waals surface area contributed by atoms with Crippen LogP contribution < -0.4 is 20.1 Å². The van der Waals surface area contributed by atoms with E-state index in [1.54, 1.807) is 48.5 Å². The average molecular weight is 425 g/mol. The summed E-state index contributed by atoms with van der Waals surface area (Å²) in [6, 6.07) is 19.3. The first-order valence-corrected chi connectivity index (χ1v) is 9.57. The normalized spacial score (nSPS) is 10.2. The van der Waals surface area contributed by atoms with Gasteiger partial charge in [0.2, 0.25) is 5.91 Å². The smallest absolute Gasteiger partial charge is 0.255 e. The Bertz CT molecular complexity index is 1070. The maximum absolute atomic E-state index is 12.6. The highest BCUT2D eigenvalue weighted by molar-refractivity contribution is 6.31. The van der Waals surface area contributed by atoms with Crippen molar-refractivity contribution in [1.29, 1.82) is 0 Å². The van der Waals surface area contributed by atoms with Crippen LogP contribution in [0.25, 0.3) is 0 Å². The van der Waals surface area contributed by atoms with Gasteiger partial charge >= 0.3 is 0 Å². The lowest BCUT2D eigenvalue weighted by Crippen LogP contribution is -2.13. The molecule has 0 bridgehead atoms. The largest absolute Gasteiger partial charge is 0.493 e. The fourth-order valence-electron chi connectivity index (χ4n) is 2.78. The van der Waals surface area contributed by atoms with E-state index in [0.717, 1.165) is 5.56 Å². The van der Waals surface area contributed by atoms with Crippen LogP contribution in [0.1, 0.15) is 22.8 Å². The van der Waals surface area contributed by atoms with Crippen molar-refractivity contribution >= 4 is 34.8 Å². The van der Waals surface area contributed by atoms with Gasteiger partial charge in [-0.2, -0.15) is 0 Å². The van der Waals surface area contributed by atoms with Crippen molar-refractivity contribution in [2.24, 2.45) is 0 Å². The average Bonchev–Trinajstić information content (AvgIpc) is 2.73. The summed E-state index contributed by atoms with van der Waals surface area (Å²) in [6.45, 7) is 1.70. The van der Waals surface area contributed by atoms with Gasteiger partial charge in [0.1, 0.15) is 6.61 Å².